The molecular weight excluding hydrogens is 258 g/mol. The smallest absolute Gasteiger partial charge is 0.199 e. The number of methoxy groups -OCH3 is 1. The molecule has 1 aromatic carbocycles. The number of ether oxygens (including phenoxy) is 1. The molecule has 7 nitrogen and oxygen atoms in total. The van der Waals surface area contributed by atoms with E-state index in [-0.39, 0.29) is 17.3 Å². The van der Waals surface area contributed by atoms with E-state index in [0.717, 1.165) is 0 Å². The van der Waals surface area contributed by atoms with Crippen LogP contribution < -0.4 is 16.2 Å². The van der Waals surface area contributed by atoms with Crippen molar-refractivity contribution >= 4 is 28.9 Å². The highest BCUT2D eigenvalue weighted by atomic mass is 35.5. The summed E-state index contributed by atoms with van der Waals surface area (Å²) in [5, 5.41) is 7.38. The summed E-state index contributed by atoms with van der Waals surface area (Å²) in [6, 6.07) is 4.98. The summed E-state index contributed by atoms with van der Waals surface area (Å²) in [5.74, 6) is 0.725. The number of benzene rings is 1. The molecule has 0 radical (unpaired) electrons. The molecule has 2 aromatic rings. The van der Waals surface area contributed by atoms with Crippen molar-refractivity contribution in [3.8, 4) is 5.75 Å². The summed E-state index contributed by atoms with van der Waals surface area (Å²) in [6.07, 6.45) is 0. The van der Waals surface area contributed by atoms with Crippen LogP contribution in [0, 0.1) is 0 Å². The van der Waals surface area contributed by atoms with Gasteiger partial charge in [0.1, 0.15) is 5.75 Å². The van der Waals surface area contributed by atoms with Gasteiger partial charge in [-0.15, -0.1) is 0 Å². The zero-order valence-corrected chi connectivity index (χ0v) is 10.2. The van der Waals surface area contributed by atoms with E-state index in [0.29, 0.717) is 16.5 Å². The molecule has 0 amide bonds. The first kappa shape index (κ1) is 12.2. The van der Waals surface area contributed by atoms with Crippen molar-refractivity contribution in [2.24, 2.45) is 10.7 Å². The summed E-state index contributed by atoms with van der Waals surface area (Å²) < 4.78 is 9.46. The van der Waals surface area contributed by atoms with Crippen molar-refractivity contribution in [2.45, 2.75) is 0 Å². The van der Waals surface area contributed by atoms with Gasteiger partial charge in [-0.05, 0) is 28.5 Å². The van der Waals surface area contributed by atoms with Gasteiger partial charge in [-0.3, -0.25) is 0 Å². The number of nitrogen functional groups attached to an aromatic ring is 1. The molecule has 18 heavy (non-hydrogen) atoms. The van der Waals surface area contributed by atoms with Gasteiger partial charge in [-0.1, -0.05) is 11.6 Å². The van der Waals surface area contributed by atoms with Crippen LogP contribution in [0.25, 0.3) is 0 Å². The summed E-state index contributed by atoms with van der Waals surface area (Å²) in [5.41, 5.74) is 12.0. The molecule has 2 rings (SSSR count). The maximum absolute atomic E-state index is 5.96. The molecule has 4 N–H and O–H groups in total. The summed E-state index contributed by atoms with van der Waals surface area (Å²) in [7, 11) is 1.53. The molecule has 1 heterocycles. The van der Waals surface area contributed by atoms with Crippen LogP contribution in [-0.4, -0.2) is 23.3 Å². The monoisotopic (exact) mass is 267 g/mol. The second kappa shape index (κ2) is 4.92. The van der Waals surface area contributed by atoms with Crippen LogP contribution in [-0.2, 0) is 0 Å². The molecule has 0 bridgehead atoms. The van der Waals surface area contributed by atoms with Gasteiger partial charge in [0.15, 0.2) is 17.3 Å². The fraction of sp³-hybridized carbons (Fsp3) is 0.100. The zero-order valence-electron chi connectivity index (χ0n) is 9.42. The van der Waals surface area contributed by atoms with Crippen molar-refractivity contribution in [1.82, 2.24) is 10.3 Å². The predicted molar refractivity (Wildman–Crippen MR) is 67.1 cm³/mol. The third-order valence-corrected chi connectivity index (χ3v) is 2.44. The van der Waals surface area contributed by atoms with Crippen molar-refractivity contribution in [3.63, 3.8) is 0 Å². The third-order valence-electron chi connectivity index (χ3n) is 2.14. The molecule has 0 fully saturated rings. The number of nitrogens with zero attached hydrogens (tertiary/aromatic N) is 3. The van der Waals surface area contributed by atoms with E-state index < -0.39 is 0 Å². The fourth-order valence-electron chi connectivity index (χ4n) is 1.29. The molecule has 0 aliphatic rings. The number of nitrogens with two attached hydrogens (primary N) is 2. The van der Waals surface area contributed by atoms with Crippen LogP contribution in [0.2, 0.25) is 5.02 Å². The molecule has 0 saturated carbocycles. The van der Waals surface area contributed by atoms with E-state index in [1.807, 2.05) is 0 Å². The lowest BCUT2D eigenvalue weighted by molar-refractivity contribution is 0.308. The largest absolute Gasteiger partial charge is 0.495 e. The van der Waals surface area contributed by atoms with Crippen LogP contribution in [0.1, 0.15) is 5.69 Å². The average Bonchev–Trinajstić information content (AvgIpc) is 2.76. The number of aromatic nitrogens is 2. The molecular formula is C10H10ClN5O2. The Morgan fingerprint density at radius 1 is 1.44 bits per heavy atom. The van der Waals surface area contributed by atoms with Gasteiger partial charge in [0.2, 0.25) is 0 Å². The minimum atomic E-state index is 0.0795. The van der Waals surface area contributed by atoms with Gasteiger partial charge in [-0.25, -0.2) is 9.62 Å². The lowest BCUT2D eigenvalue weighted by atomic mass is 10.3. The number of rotatable bonds is 3. The Kier molecular flexibility index (Phi) is 3.33. The topological polar surface area (TPSA) is 113 Å². The molecule has 0 atom stereocenters. The molecule has 1 aromatic heterocycles. The van der Waals surface area contributed by atoms with Gasteiger partial charge >= 0.3 is 0 Å². The Morgan fingerprint density at radius 2 is 2.22 bits per heavy atom. The van der Waals surface area contributed by atoms with Gasteiger partial charge in [0.25, 0.3) is 0 Å². The van der Waals surface area contributed by atoms with Crippen LogP contribution in [0.5, 0.6) is 5.75 Å². The molecule has 0 spiro atoms. The first-order valence-electron chi connectivity index (χ1n) is 4.88. The Labute approximate surface area is 107 Å². The minimum Gasteiger partial charge on any atom is -0.495 e. The van der Waals surface area contributed by atoms with Crippen molar-refractivity contribution in [3.05, 3.63) is 28.9 Å². The Morgan fingerprint density at radius 3 is 2.78 bits per heavy atom. The van der Waals surface area contributed by atoms with Crippen molar-refractivity contribution in [1.29, 1.82) is 0 Å². The maximum atomic E-state index is 5.96. The number of hydrogen-bond donors (Lipinski definition) is 2. The standard InChI is InChI=1S/C10H10ClN5O2/c1-17-7-3-2-5(4-6(7)11)14-9(12)8-10(13)16-18-15-8/h2-4H,1H3,(H2,12,14)(H2,13,16). The summed E-state index contributed by atoms with van der Waals surface area (Å²) in [6.45, 7) is 0. The Balaban J connectivity index is 2.33. The van der Waals surface area contributed by atoms with Crippen LogP contribution in [0.15, 0.2) is 27.8 Å². The van der Waals surface area contributed by atoms with E-state index in [4.69, 9.17) is 27.8 Å². The van der Waals surface area contributed by atoms with Crippen LogP contribution in [0.4, 0.5) is 11.5 Å². The zero-order chi connectivity index (χ0) is 13.1. The van der Waals surface area contributed by atoms with Crippen molar-refractivity contribution < 1.29 is 9.37 Å². The highest BCUT2D eigenvalue weighted by molar-refractivity contribution is 6.32. The minimum absolute atomic E-state index is 0.0795. The predicted octanol–water partition coefficient (Wildman–Crippen LogP) is 1.35. The maximum Gasteiger partial charge on any atom is 0.199 e. The number of anilines is 1. The molecule has 0 saturated heterocycles. The van der Waals surface area contributed by atoms with Gasteiger partial charge in [-0.2, -0.15) is 0 Å². The molecule has 94 valence electrons. The van der Waals surface area contributed by atoms with Crippen molar-refractivity contribution in [2.75, 3.05) is 12.8 Å². The molecule has 8 heteroatoms. The Bertz CT molecular complexity index is 596. The van der Waals surface area contributed by atoms with Crippen LogP contribution >= 0.6 is 11.6 Å². The van der Waals surface area contributed by atoms with Gasteiger partial charge in [0, 0.05) is 0 Å². The summed E-state index contributed by atoms with van der Waals surface area (Å²) in [4.78, 5) is 4.11. The van der Waals surface area contributed by atoms with E-state index in [9.17, 15) is 0 Å². The second-order valence-electron chi connectivity index (χ2n) is 3.31. The number of amidine groups is 1. The second-order valence-corrected chi connectivity index (χ2v) is 3.72. The molecule has 0 aliphatic carbocycles. The van der Waals surface area contributed by atoms with Crippen LogP contribution in [0.3, 0.4) is 0 Å². The lowest BCUT2D eigenvalue weighted by Crippen LogP contribution is -2.15. The van der Waals surface area contributed by atoms with E-state index in [1.165, 1.54) is 7.11 Å². The lowest BCUT2D eigenvalue weighted by Gasteiger charge is -2.03. The quantitative estimate of drug-likeness (QED) is 0.641. The number of halogens is 1. The SMILES string of the molecule is COc1ccc(N=C(N)c2nonc2N)cc1Cl. The third kappa shape index (κ3) is 2.35. The molecule has 0 unspecified atom stereocenters. The first-order valence-corrected chi connectivity index (χ1v) is 5.25. The highest BCUT2D eigenvalue weighted by Gasteiger charge is 2.11. The van der Waals surface area contributed by atoms with Gasteiger partial charge < -0.3 is 16.2 Å². The summed E-state index contributed by atoms with van der Waals surface area (Å²) >= 11 is 5.96. The van der Waals surface area contributed by atoms with E-state index in [1.54, 1.807) is 18.2 Å². The normalized spacial score (nSPS) is 11.6. The Hall–Kier alpha value is -2.28. The number of aliphatic imine (C=N–C) groups is 1. The van der Waals surface area contributed by atoms with E-state index in [2.05, 4.69) is 19.9 Å². The van der Waals surface area contributed by atoms with Gasteiger partial charge in [0.05, 0.1) is 17.8 Å². The fourth-order valence-corrected chi connectivity index (χ4v) is 1.54. The molecule has 0 aliphatic heterocycles. The highest BCUT2D eigenvalue weighted by Crippen LogP contribution is 2.28. The first-order chi connectivity index (χ1) is 8.61. The number of hydrogen-bond acceptors (Lipinski definition) is 6. The van der Waals surface area contributed by atoms with E-state index >= 15 is 0 Å². The average molecular weight is 268 g/mol.